The van der Waals surface area contributed by atoms with Crippen LogP contribution in [-0.2, 0) is 19.1 Å². The molecule has 1 aromatic heterocycles. The molecule has 45 heavy (non-hydrogen) atoms. The molecule has 3 aromatic carbocycles. The van der Waals surface area contributed by atoms with Gasteiger partial charge in [0.2, 0.25) is 0 Å². The summed E-state index contributed by atoms with van der Waals surface area (Å²) in [6.07, 6.45) is -4.99. The Bertz CT molecular complexity index is 1800. The predicted octanol–water partition coefficient (Wildman–Crippen LogP) is 5.70. The highest BCUT2D eigenvalue weighted by Gasteiger charge is 2.43. The van der Waals surface area contributed by atoms with Crippen LogP contribution in [0.1, 0.15) is 53.6 Å². The number of nitrogens with zero attached hydrogens (tertiary/aromatic N) is 4. The zero-order valence-electron chi connectivity index (χ0n) is 24.8. The second kappa shape index (κ2) is 12.3. The Kier molecular flexibility index (Phi) is 8.61. The Morgan fingerprint density at radius 2 is 1.78 bits per heavy atom. The third-order valence-corrected chi connectivity index (χ3v) is 7.89. The maximum absolute atomic E-state index is 14.2. The van der Waals surface area contributed by atoms with Crippen molar-refractivity contribution in [3.63, 3.8) is 0 Å². The SMILES string of the molecule is COc1ccc(-n2nc(C(F)(F)F)c3c2C(=O)N(c2ccc(C(=O)N(C)C)cc2)CC3)c(C(=O)NCc2ccc(C)c(Cl)c2)c1. The first-order valence-electron chi connectivity index (χ1n) is 13.8. The van der Waals surface area contributed by atoms with Crippen LogP contribution >= 0.6 is 11.6 Å². The van der Waals surface area contributed by atoms with E-state index in [1.54, 1.807) is 56.6 Å². The second-order valence-electron chi connectivity index (χ2n) is 10.7. The first-order valence-corrected chi connectivity index (χ1v) is 14.2. The van der Waals surface area contributed by atoms with Crippen LogP contribution in [-0.4, -0.2) is 60.2 Å². The van der Waals surface area contributed by atoms with Gasteiger partial charge in [-0.2, -0.15) is 18.3 Å². The molecule has 13 heteroatoms. The number of hydrogen-bond donors (Lipinski definition) is 1. The van der Waals surface area contributed by atoms with Crippen LogP contribution < -0.4 is 15.0 Å². The maximum Gasteiger partial charge on any atom is 0.435 e. The molecule has 0 atom stereocenters. The van der Waals surface area contributed by atoms with E-state index in [9.17, 15) is 27.6 Å². The molecule has 0 fully saturated rings. The van der Waals surface area contributed by atoms with Gasteiger partial charge in [-0.3, -0.25) is 14.4 Å². The molecule has 0 saturated heterocycles. The van der Waals surface area contributed by atoms with Crippen molar-refractivity contribution < 1.29 is 32.3 Å². The Balaban J connectivity index is 1.56. The number of ether oxygens (including phenoxy) is 1. The van der Waals surface area contributed by atoms with Gasteiger partial charge in [-0.05, 0) is 73.0 Å². The number of halogens is 4. The quantitative estimate of drug-likeness (QED) is 0.280. The van der Waals surface area contributed by atoms with Crippen molar-refractivity contribution in [2.45, 2.75) is 26.1 Å². The normalized spacial score (nSPS) is 13.0. The minimum Gasteiger partial charge on any atom is -0.497 e. The fourth-order valence-electron chi connectivity index (χ4n) is 5.08. The lowest BCUT2D eigenvalue weighted by molar-refractivity contribution is -0.141. The molecule has 9 nitrogen and oxygen atoms in total. The van der Waals surface area contributed by atoms with Gasteiger partial charge >= 0.3 is 6.18 Å². The van der Waals surface area contributed by atoms with Gasteiger partial charge in [-0.25, -0.2) is 4.68 Å². The van der Waals surface area contributed by atoms with Crippen LogP contribution in [0.25, 0.3) is 5.69 Å². The summed E-state index contributed by atoms with van der Waals surface area (Å²) in [6, 6.07) is 15.8. The van der Waals surface area contributed by atoms with Crippen molar-refractivity contribution >= 4 is 35.0 Å². The molecule has 4 aromatic rings. The van der Waals surface area contributed by atoms with Crippen molar-refractivity contribution in [3.05, 3.63) is 105 Å². The highest BCUT2D eigenvalue weighted by atomic mass is 35.5. The molecule has 0 unspecified atom stereocenters. The molecule has 234 valence electrons. The zero-order valence-corrected chi connectivity index (χ0v) is 25.6. The molecule has 5 rings (SSSR count). The topological polar surface area (TPSA) is 96.8 Å². The van der Waals surface area contributed by atoms with Gasteiger partial charge in [-0.15, -0.1) is 0 Å². The minimum atomic E-state index is -4.86. The number of rotatable bonds is 7. The highest BCUT2D eigenvalue weighted by molar-refractivity contribution is 6.31. The van der Waals surface area contributed by atoms with E-state index in [1.165, 1.54) is 35.1 Å². The summed E-state index contributed by atoms with van der Waals surface area (Å²) in [5, 5.41) is 7.15. The van der Waals surface area contributed by atoms with Gasteiger partial charge < -0.3 is 19.9 Å². The van der Waals surface area contributed by atoms with Gasteiger partial charge in [-0.1, -0.05) is 23.7 Å². The van der Waals surface area contributed by atoms with Crippen molar-refractivity contribution in [1.29, 1.82) is 0 Å². The van der Waals surface area contributed by atoms with E-state index in [4.69, 9.17) is 16.3 Å². The Morgan fingerprint density at radius 3 is 2.40 bits per heavy atom. The van der Waals surface area contributed by atoms with Crippen LogP contribution in [0.4, 0.5) is 18.9 Å². The summed E-state index contributed by atoms with van der Waals surface area (Å²) in [5.41, 5.74) is 0.491. The van der Waals surface area contributed by atoms with Gasteiger partial charge in [0.25, 0.3) is 17.7 Å². The number of carbonyl (C=O) groups excluding carboxylic acids is 3. The fourth-order valence-corrected chi connectivity index (χ4v) is 5.29. The van der Waals surface area contributed by atoms with E-state index in [2.05, 4.69) is 10.4 Å². The minimum absolute atomic E-state index is 0.0379. The number of hydrogen-bond acceptors (Lipinski definition) is 5. The third-order valence-electron chi connectivity index (χ3n) is 7.48. The monoisotopic (exact) mass is 639 g/mol. The molecular weight excluding hydrogens is 611 g/mol. The lowest BCUT2D eigenvalue weighted by atomic mass is 10.0. The van der Waals surface area contributed by atoms with Gasteiger partial charge in [0.05, 0.1) is 18.4 Å². The molecule has 1 aliphatic rings. The van der Waals surface area contributed by atoms with E-state index < -0.39 is 23.7 Å². The molecule has 0 saturated carbocycles. The van der Waals surface area contributed by atoms with Crippen LogP contribution in [0.5, 0.6) is 5.75 Å². The van der Waals surface area contributed by atoms with Crippen molar-refractivity contribution in [3.8, 4) is 11.4 Å². The predicted molar refractivity (Wildman–Crippen MR) is 162 cm³/mol. The number of amides is 3. The third kappa shape index (κ3) is 6.23. The summed E-state index contributed by atoms with van der Waals surface area (Å²) < 4.78 is 48.9. The van der Waals surface area contributed by atoms with Gasteiger partial charge in [0.1, 0.15) is 11.4 Å². The zero-order chi connectivity index (χ0) is 32.6. The van der Waals surface area contributed by atoms with Crippen molar-refractivity contribution in [2.24, 2.45) is 0 Å². The van der Waals surface area contributed by atoms with Crippen molar-refractivity contribution in [1.82, 2.24) is 20.0 Å². The summed E-state index contributed by atoms with van der Waals surface area (Å²) >= 11 is 6.22. The standard InChI is InChI=1S/C32H29ClF3N5O4/c1-18-5-6-19(15-25(18)33)17-37-29(42)24-16-22(45-4)11-12-26(24)41-27-23(28(38-41)32(34,35)36)13-14-40(31(27)44)21-9-7-20(8-10-21)30(43)39(2)3/h5-12,15-16H,13-14,17H2,1-4H3,(H,37,42). The van der Waals surface area contributed by atoms with Crippen LogP contribution in [0.2, 0.25) is 5.02 Å². The largest absolute Gasteiger partial charge is 0.497 e. The number of carbonyl (C=O) groups is 3. The summed E-state index contributed by atoms with van der Waals surface area (Å²) in [6.45, 7) is 1.88. The number of aryl methyl sites for hydroxylation is 1. The number of nitrogens with one attached hydrogen (secondary N) is 1. The van der Waals surface area contributed by atoms with Gasteiger partial charge in [0.15, 0.2) is 5.69 Å². The summed E-state index contributed by atoms with van der Waals surface area (Å²) in [7, 11) is 4.61. The lowest BCUT2D eigenvalue weighted by Gasteiger charge is -2.28. The molecule has 0 radical (unpaired) electrons. The van der Waals surface area contributed by atoms with E-state index in [1.807, 2.05) is 6.92 Å². The van der Waals surface area contributed by atoms with Gasteiger partial charge in [0, 0.05) is 49.0 Å². The Labute approximate surface area is 262 Å². The van der Waals surface area contributed by atoms with Crippen LogP contribution in [0, 0.1) is 6.92 Å². The summed E-state index contributed by atoms with van der Waals surface area (Å²) in [4.78, 5) is 42.5. The van der Waals surface area contributed by atoms with Crippen LogP contribution in [0.3, 0.4) is 0 Å². The fraction of sp³-hybridized carbons (Fsp3) is 0.250. The molecule has 2 heterocycles. The number of fused-ring (bicyclic) bond motifs is 1. The number of alkyl halides is 3. The molecule has 0 spiro atoms. The second-order valence-corrected chi connectivity index (χ2v) is 11.1. The molecule has 0 bridgehead atoms. The maximum atomic E-state index is 14.2. The van der Waals surface area contributed by atoms with Crippen molar-refractivity contribution in [2.75, 3.05) is 32.6 Å². The molecular formula is C32H29ClF3N5O4. The number of benzene rings is 3. The van der Waals surface area contributed by atoms with E-state index in [-0.39, 0.29) is 53.7 Å². The molecule has 0 aliphatic carbocycles. The Hall–Kier alpha value is -4.84. The van der Waals surface area contributed by atoms with E-state index in [0.717, 1.165) is 10.2 Å². The smallest absolute Gasteiger partial charge is 0.435 e. The number of methoxy groups -OCH3 is 1. The summed E-state index contributed by atoms with van der Waals surface area (Å²) in [5.74, 6) is -1.32. The Morgan fingerprint density at radius 1 is 1.07 bits per heavy atom. The average Bonchev–Trinajstić information content (AvgIpc) is 3.42. The van der Waals surface area contributed by atoms with E-state index >= 15 is 0 Å². The lowest BCUT2D eigenvalue weighted by Crippen LogP contribution is -2.39. The average molecular weight is 640 g/mol. The van der Waals surface area contributed by atoms with E-state index in [0.29, 0.717) is 21.8 Å². The molecule has 1 N–H and O–H groups in total. The van der Waals surface area contributed by atoms with Crippen LogP contribution in [0.15, 0.2) is 60.7 Å². The first kappa shape index (κ1) is 31.6. The number of anilines is 1. The molecule has 3 amide bonds. The number of aromatic nitrogens is 2. The highest BCUT2D eigenvalue weighted by Crippen LogP contribution is 2.38. The molecule has 1 aliphatic heterocycles. The first-order chi connectivity index (χ1) is 21.3.